The molecular weight excluding hydrogens is 288 g/mol. The van der Waals surface area contributed by atoms with Crippen LogP contribution in [0.25, 0.3) is 0 Å². The number of guanidine groups is 1. The van der Waals surface area contributed by atoms with E-state index in [1.807, 2.05) is 24.3 Å². The molecule has 1 heterocycles. The summed E-state index contributed by atoms with van der Waals surface area (Å²) in [5, 5.41) is 6.57. The van der Waals surface area contributed by atoms with Crippen LogP contribution in [-0.2, 0) is 13.0 Å². The Morgan fingerprint density at radius 3 is 2.65 bits per heavy atom. The molecule has 0 amide bonds. The molecule has 0 spiro atoms. The summed E-state index contributed by atoms with van der Waals surface area (Å²) in [4.78, 5) is 8.59. The van der Waals surface area contributed by atoms with Gasteiger partial charge in [0.25, 0.3) is 0 Å². The van der Waals surface area contributed by atoms with E-state index in [0.717, 1.165) is 31.0 Å². The minimum absolute atomic E-state index is 0.607. The van der Waals surface area contributed by atoms with Crippen molar-refractivity contribution in [3.63, 3.8) is 0 Å². The normalized spacial score (nSPS) is 11.1. The van der Waals surface area contributed by atoms with Gasteiger partial charge in [0.15, 0.2) is 5.96 Å². The molecule has 1 aromatic carbocycles. The Balaban J connectivity index is 1.71. The number of hydrogen-bond donors (Lipinski definition) is 2. The minimum Gasteiger partial charge on any atom is -0.481 e. The summed E-state index contributed by atoms with van der Waals surface area (Å²) in [6.45, 7) is 1.48. The molecule has 0 aliphatic carbocycles. The maximum atomic E-state index is 5.12. The Hall–Kier alpha value is -2.56. The molecule has 122 valence electrons. The molecule has 0 saturated carbocycles. The first-order valence-electron chi connectivity index (χ1n) is 7.80. The second kappa shape index (κ2) is 9.46. The summed E-state index contributed by atoms with van der Waals surface area (Å²) in [7, 11) is 3.39. The predicted molar refractivity (Wildman–Crippen MR) is 93.8 cm³/mol. The fourth-order valence-corrected chi connectivity index (χ4v) is 2.21. The zero-order valence-corrected chi connectivity index (χ0v) is 13.7. The smallest absolute Gasteiger partial charge is 0.213 e. The van der Waals surface area contributed by atoms with E-state index in [-0.39, 0.29) is 0 Å². The zero-order chi connectivity index (χ0) is 16.3. The fraction of sp³-hybridized carbons (Fsp3) is 0.333. The van der Waals surface area contributed by atoms with Crippen molar-refractivity contribution in [1.29, 1.82) is 0 Å². The summed E-state index contributed by atoms with van der Waals surface area (Å²) in [5.74, 6) is 1.40. The van der Waals surface area contributed by atoms with Gasteiger partial charge in [0.05, 0.1) is 19.3 Å². The SMILES string of the molecule is CN=C(NCCCc1ccccc1)NCc1cccc(OC)n1. The molecule has 0 bridgehead atoms. The van der Waals surface area contributed by atoms with Crippen LogP contribution in [0, 0.1) is 0 Å². The van der Waals surface area contributed by atoms with Crippen molar-refractivity contribution in [2.24, 2.45) is 4.99 Å². The Morgan fingerprint density at radius 1 is 1.09 bits per heavy atom. The quantitative estimate of drug-likeness (QED) is 0.468. The molecule has 23 heavy (non-hydrogen) atoms. The molecule has 2 rings (SSSR count). The van der Waals surface area contributed by atoms with Crippen LogP contribution in [0.5, 0.6) is 5.88 Å². The molecule has 0 unspecified atom stereocenters. The van der Waals surface area contributed by atoms with E-state index < -0.39 is 0 Å². The first-order valence-corrected chi connectivity index (χ1v) is 7.80. The molecule has 0 fully saturated rings. The number of ether oxygens (including phenoxy) is 1. The average Bonchev–Trinajstić information content (AvgIpc) is 2.62. The van der Waals surface area contributed by atoms with Gasteiger partial charge in [-0.2, -0.15) is 0 Å². The van der Waals surface area contributed by atoms with Gasteiger partial charge < -0.3 is 15.4 Å². The van der Waals surface area contributed by atoms with Crippen molar-refractivity contribution in [2.45, 2.75) is 19.4 Å². The Kier molecular flexibility index (Phi) is 6.91. The van der Waals surface area contributed by atoms with Crippen molar-refractivity contribution in [2.75, 3.05) is 20.7 Å². The summed E-state index contributed by atoms with van der Waals surface area (Å²) in [6.07, 6.45) is 2.12. The maximum absolute atomic E-state index is 5.12. The van der Waals surface area contributed by atoms with Crippen molar-refractivity contribution >= 4 is 5.96 Å². The number of rotatable bonds is 7. The van der Waals surface area contributed by atoms with Crippen LogP contribution in [0.15, 0.2) is 53.5 Å². The largest absolute Gasteiger partial charge is 0.481 e. The van der Waals surface area contributed by atoms with Crippen molar-refractivity contribution < 1.29 is 4.74 Å². The minimum atomic E-state index is 0.607. The lowest BCUT2D eigenvalue weighted by Gasteiger charge is -2.12. The second-order valence-corrected chi connectivity index (χ2v) is 5.11. The number of aliphatic imine (C=N–C) groups is 1. The fourth-order valence-electron chi connectivity index (χ4n) is 2.21. The lowest BCUT2D eigenvalue weighted by Crippen LogP contribution is -2.37. The Morgan fingerprint density at radius 2 is 1.91 bits per heavy atom. The molecule has 0 atom stereocenters. The van der Waals surface area contributed by atoms with Gasteiger partial charge in [0.2, 0.25) is 5.88 Å². The standard InChI is InChI=1S/C18H24N4O/c1-19-18(20-13-7-10-15-8-4-3-5-9-15)21-14-16-11-6-12-17(22-16)23-2/h3-6,8-9,11-12H,7,10,13-14H2,1-2H3,(H2,19,20,21). The van der Waals surface area contributed by atoms with Gasteiger partial charge in [-0.1, -0.05) is 36.4 Å². The number of aryl methyl sites for hydroxylation is 1. The maximum Gasteiger partial charge on any atom is 0.213 e. The molecule has 2 aromatic rings. The Bertz CT molecular complexity index is 613. The van der Waals surface area contributed by atoms with Crippen LogP contribution in [0.3, 0.4) is 0 Å². The van der Waals surface area contributed by atoms with Crippen molar-refractivity contribution in [3.05, 3.63) is 59.8 Å². The van der Waals surface area contributed by atoms with Crippen LogP contribution in [0.1, 0.15) is 17.7 Å². The van der Waals surface area contributed by atoms with Gasteiger partial charge >= 0.3 is 0 Å². The highest BCUT2D eigenvalue weighted by Gasteiger charge is 2.01. The molecule has 0 saturated heterocycles. The highest BCUT2D eigenvalue weighted by atomic mass is 16.5. The first-order chi connectivity index (χ1) is 11.3. The van der Waals surface area contributed by atoms with Gasteiger partial charge in [0, 0.05) is 19.7 Å². The third kappa shape index (κ3) is 5.98. The number of pyridine rings is 1. The lowest BCUT2D eigenvalue weighted by atomic mass is 10.1. The highest BCUT2D eigenvalue weighted by Crippen LogP contribution is 2.06. The van der Waals surface area contributed by atoms with Gasteiger partial charge in [-0.05, 0) is 24.5 Å². The van der Waals surface area contributed by atoms with Crippen LogP contribution in [0.2, 0.25) is 0 Å². The number of aromatic nitrogens is 1. The molecule has 2 N–H and O–H groups in total. The van der Waals surface area contributed by atoms with E-state index in [4.69, 9.17) is 4.74 Å². The van der Waals surface area contributed by atoms with E-state index in [2.05, 4.69) is 44.9 Å². The van der Waals surface area contributed by atoms with E-state index in [9.17, 15) is 0 Å². The molecule has 0 radical (unpaired) electrons. The lowest BCUT2D eigenvalue weighted by molar-refractivity contribution is 0.396. The van der Waals surface area contributed by atoms with Gasteiger partial charge in [0.1, 0.15) is 0 Å². The van der Waals surface area contributed by atoms with Gasteiger partial charge in [-0.15, -0.1) is 0 Å². The van der Waals surface area contributed by atoms with Crippen molar-refractivity contribution in [3.8, 4) is 5.88 Å². The summed E-state index contributed by atoms with van der Waals surface area (Å²) in [5.41, 5.74) is 2.27. The van der Waals surface area contributed by atoms with Gasteiger partial charge in [-0.25, -0.2) is 4.98 Å². The summed E-state index contributed by atoms with van der Waals surface area (Å²) >= 11 is 0. The average molecular weight is 312 g/mol. The number of methoxy groups -OCH3 is 1. The van der Waals surface area contributed by atoms with E-state index in [0.29, 0.717) is 12.4 Å². The van der Waals surface area contributed by atoms with Crippen LogP contribution in [-0.4, -0.2) is 31.6 Å². The van der Waals surface area contributed by atoms with E-state index in [1.54, 1.807) is 14.2 Å². The third-order valence-electron chi connectivity index (χ3n) is 3.43. The molecule has 5 heteroatoms. The predicted octanol–water partition coefficient (Wildman–Crippen LogP) is 2.39. The molecule has 0 aliphatic rings. The molecule has 0 aliphatic heterocycles. The van der Waals surface area contributed by atoms with E-state index >= 15 is 0 Å². The number of nitrogens with one attached hydrogen (secondary N) is 2. The zero-order valence-electron chi connectivity index (χ0n) is 13.7. The molecule has 1 aromatic heterocycles. The molecule has 5 nitrogen and oxygen atoms in total. The summed E-state index contributed by atoms with van der Waals surface area (Å²) in [6, 6.07) is 16.2. The third-order valence-corrected chi connectivity index (χ3v) is 3.43. The number of hydrogen-bond acceptors (Lipinski definition) is 3. The van der Waals surface area contributed by atoms with Gasteiger partial charge in [-0.3, -0.25) is 4.99 Å². The van der Waals surface area contributed by atoms with Crippen LogP contribution < -0.4 is 15.4 Å². The van der Waals surface area contributed by atoms with E-state index in [1.165, 1.54) is 5.56 Å². The first kappa shape index (κ1) is 16.8. The monoisotopic (exact) mass is 312 g/mol. The van der Waals surface area contributed by atoms with Crippen LogP contribution >= 0.6 is 0 Å². The summed E-state index contributed by atoms with van der Waals surface area (Å²) < 4.78 is 5.12. The number of benzene rings is 1. The Labute approximate surface area is 137 Å². The highest BCUT2D eigenvalue weighted by molar-refractivity contribution is 5.79. The molecular formula is C18H24N4O. The second-order valence-electron chi connectivity index (χ2n) is 5.11. The topological polar surface area (TPSA) is 58.5 Å². The van der Waals surface area contributed by atoms with Crippen LogP contribution in [0.4, 0.5) is 0 Å². The van der Waals surface area contributed by atoms with Crippen molar-refractivity contribution in [1.82, 2.24) is 15.6 Å². The number of nitrogens with zero attached hydrogens (tertiary/aromatic N) is 2.